The predicted molar refractivity (Wildman–Crippen MR) is 151 cm³/mol. The van der Waals surface area contributed by atoms with Gasteiger partial charge in [0.1, 0.15) is 23.9 Å². The quantitative estimate of drug-likeness (QED) is 0.180. The van der Waals surface area contributed by atoms with Crippen LogP contribution in [0.2, 0.25) is 0 Å². The van der Waals surface area contributed by atoms with Gasteiger partial charge in [0.05, 0.1) is 0 Å². The highest BCUT2D eigenvalue weighted by atomic mass is 16.5. The normalized spacial score (nSPS) is 11.0. The van der Waals surface area contributed by atoms with Crippen molar-refractivity contribution in [1.29, 1.82) is 0 Å². The fourth-order valence-electron chi connectivity index (χ4n) is 4.43. The van der Waals surface area contributed by atoms with E-state index in [9.17, 15) is 10.2 Å². The van der Waals surface area contributed by atoms with Crippen molar-refractivity contribution in [3.05, 3.63) is 89.5 Å². The second-order valence-electron chi connectivity index (χ2n) is 9.43. The SMILES string of the molecule is CCCCCCN(C)CCOc1ccc(C(CCC)=C(c2ccc(O)cc2)c2ccc(O)cc2)cc1. The lowest BCUT2D eigenvalue weighted by atomic mass is 9.87. The van der Waals surface area contributed by atoms with Crippen molar-refractivity contribution in [3.8, 4) is 17.2 Å². The van der Waals surface area contributed by atoms with Crippen molar-refractivity contribution in [3.63, 3.8) is 0 Å². The Labute approximate surface area is 216 Å². The van der Waals surface area contributed by atoms with E-state index in [1.54, 1.807) is 24.3 Å². The molecule has 3 aromatic carbocycles. The monoisotopic (exact) mass is 487 g/mol. The molecule has 0 aromatic heterocycles. The lowest BCUT2D eigenvalue weighted by molar-refractivity contribution is 0.234. The molecule has 192 valence electrons. The molecule has 0 bridgehead atoms. The number of rotatable bonds is 14. The highest BCUT2D eigenvalue weighted by molar-refractivity contribution is 5.98. The van der Waals surface area contributed by atoms with Crippen LogP contribution in [0.3, 0.4) is 0 Å². The van der Waals surface area contributed by atoms with E-state index in [-0.39, 0.29) is 11.5 Å². The van der Waals surface area contributed by atoms with Crippen molar-refractivity contribution < 1.29 is 14.9 Å². The number of hydrogen-bond acceptors (Lipinski definition) is 4. The summed E-state index contributed by atoms with van der Waals surface area (Å²) >= 11 is 0. The highest BCUT2D eigenvalue weighted by Crippen LogP contribution is 2.36. The summed E-state index contributed by atoms with van der Waals surface area (Å²) in [5, 5.41) is 19.7. The zero-order valence-electron chi connectivity index (χ0n) is 22.0. The van der Waals surface area contributed by atoms with E-state index in [0.29, 0.717) is 6.61 Å². The minimum absolute atomic E-state index is 0.244. The predicted octanol–water partition coefficient (Wildman–Crippen LogP) is 7.75. The van der Waals surface area contributed by atoms with Crippen LogP contribution in [0.5, 0.6) is 17.2 Å². The van der Waals surface area contributed by atoms with Crippen molar-refractivity contribution in [2.75, 3.05) is 26.7 Å². The smallest absolute Gasteiger partial charge is 0.119 e. The molecule has 2 N–H and O–H groups in total. The van der Waals surface area contributed by atoms with Gasteiger partial charge in [-0.25, -0.2) is 0 Å². The molecule has 0 radical (unpaired) electrons. The maximum absolute atomic E-state index is 9.84. The molecule has 0 aliphatic carbocycles. The van der Waals surface area contributed by atoms with Crippen molar-refractivity contribution >= 4 is 11.1 Å². The summed E-state index contributed by atoms with van der Waals surface area (Å²) in [4.78, 5) is 2.34. The first-order valence-electron chi connectivity index (χ1n) is 13.3. The maximum atomic E-state index is 9.84. The van der Waals surface area contributed by atoms with Gasteiger partial charge in [-0.2, -0.15) is 0 Å². The lowest BCUT2D eigenvalue weighted by Crippen LogP contribution is -2.25. The fourth-order valence-corrected chi connectivity index (χ4v) is 4.43. The Kier molecular flexibility index (Phi) is 10.9. The van der Waals surface area contributed by atoms with Crippen LogP contribution >= 0.6 is 0 Å². The number of benzene rings is 3. The molecule has 4 nitrogen and oxygen atoms in total. The first-order chi connectivity index (χ1) is 17.5. The molecule has 0 fully saturated rings. The van der Waals surface area contributed by atoms with Gasteiger partial charge in [0.15, 0.2) is 0 Å². The highest BCUT2D eigenvalue weighted by Gasteiger charge is 2.14. The summed E-state index contributed by atoms with van der Waals surface area (Å²) in [6, 6.07) is 23.0. The van der Waals surface area contributed by atoms with Gasteiger partial charge in [-0.3, -0.25) is 0 Å². The molecule has 0 aliphatic rings. The molecular formula is C32H41NO3. The summed E-state index contributed by atoms with van der Waals surface area (Å²) in [5.41, 5.74) is 5.55. The van der Waals surface area contributed by atoms with Crippen molar-refractivity contribution in [1.82, 2.24) is 4.90 Å². The Balaban J connectivity index is 1.80. The summed E-state index contributed by atoms with van der Waals surface area (Å²) in [6.07, 6.45) is 7.02. The van der Waals surface area contributed by atoms with Crippen molar-refractivity contribution in [2.24, 2.45) is 0 Å². The molecular weight excluding hydrogens is 446 g/mol. The van der Waals surface area contributed by atoms with E-state index >= 15 is 0 Å². The van der Waals surface area contributed by atoms with Crippen LogP contribution in [0.1, 0.15) is 69.1 Å². The maximum Gasteiger partial charge on any atom is 0.119 e. The first kappa shape index (κ1) is 27.3. The fraction of sp³-hybridized carbons (Fsp3) is 0.375. The van der Waals surface area contributed by atoms with Gasteiger partial charge >= 0.3 is 0 Å². The summed E-state index contributed by atoms with van der Waals surface area (Å²) in [7, 11) is 2.16. The van der Waals surface area contributed by atoms with Crippen LogP contribution in [-0.4, -0.2) is 41.9 Å². The number of allylic oxidation sites excluding steroid dienone is 1. The minimum atomic E-state index is 0.244. The Morgan fingerprint density at radius 1 is 0.667 bits per heavy atom. The second-order valence-corrected chi connectivity index (χ2v) is 9.43. The van der Waals surface area contributed by atoms with Gasteiger partial charge < -0.3 is 19.8 Å². The van der Waals surface area contributed by atoms with Crippen LogP contribution in [0.4, 0.5) is 0 Å². The molecule has 0 spiro atoms. The van der Waals surface area contributed by atoms with Crippen molar-refractivity contribution in [2.45, 2.75) is 52.4 Å². The number of ether oxygens (including phenoxy) is 1. The summed E-state index contributed by atoms with van der Waals surface area (Å²) in [6.45, 7) is 7.13. The summed E-state index contributed by atoms with van der Waals surface area (Å²) < 4.78 is 6.04. The van der Waals surface area contributed by atoms with Crippen LogP contribution < -0.4 is 4.74 Å². The van der Waals surface area contributed by atoms with E-state index in [1.807, 2.05) is 24.3 Å². The summed E-state index contributed by atoms with van der Waals surface area (Å²) in [5.74, 6) is 1.37. The number of aromatic hydroxyl groups is 2. The van der Waals surface area contributed by atoms with Crippen LogP contribution in [0, 0.1) is 0 Å². The van der Waals surface area contributed by atoms with Crippen LogP contribution in [0.15, 0.2) is 72.8 Å². The van der Waals surface area contributed by atoms with E-state index in [2.05, 4.69) is 50.1 Å². The number of phenolic OH excluding ortho intramolecular Hbond substituents is 2. The first-order valence-corrected chi connectivity index (χ1v) is 13.3. The number of hydrogen-bond donors (Lipinski definition) is 2. The molecule has 3 rings (SSSR count). The van der Waals surface area contributed by atoms with E-state index in [0.717, 1.165) is 53.9 Å². The molecule has 0 heterocycles. The molecule has 3 aromatic rings. The molecule has 0 amide bonds. The average Bonchev–Trinajstić information content (AvgIpc) is 2.89. The molecule has 36 heavy (non-hydrogen) atoms. The standard InChI is InChI=1S/C32H41NO3/c1-4-6-7-8-22-33(3)23-24-36-30-20-14-25(15-21-30)31(9-5-2)32(26-10-16-28(34)17-11-26)27-12-18-29(35)19-13-27/h10-21,34-35H,4-9,22-24H2,1-3H3. The van der Waals surface area contributed by atoms with Gasteiger partial charge in [0, 0.05) is 6.54 Å². The number of likely N-dealkylation sites (N-methyl/N-ethyl adjacent to an activating group) is 1. The lowest BCUT2D eigenvalue weighted by Gasteiger charge is -2.18. The molecule has 4 heteroatoms. The number of unbranched alkanes of at least 4 members (excludes halogenated alkanes) is 3. The Bertz CT molecular complexity index is 1020. The number of nitrogens with zero attached hydrogens (tertiary/aromatic N) is 1. The minimum Gasteiger partial charge on any atom is -0.508 e. The van der Waals surface area contributed by atoms with E-state index < -0.39 is 0 Å². The Morgan fingerprint density at radius 2 is 1.22 bits per heavy atom. The van der Waals surface area contributed by atoms with E-state index in [1.165, 1.54) is 31.3 Å². The average molecular weight is 488 g/mol. The van der Waals surface area contributed by atoms with Gasteiger partial charge in [-0.1, -0.05) is 75.9 Å². The molecule has 0 saturated heterocycles. The third-order valence-corrected chi connectivity index (χ3v) is 6.45. The Hall–Kier alpha value is -3.24. The zero-order chi connectivity index (χ0) is 25.8. The molecule has 0 atom stereocenters. The third kappa shape index (κ3) is 8.17. The second kappa shape index (κ2) is 14.4. The number of phenols is 2. The van der Waals surface area contributed by atoms with Gasteiger partial charge in [-0.05, 0) is 90.7 Å². The molecule has 0 aliphatic heterocycles. The molecule has 0 saturated carbocycles. The Morgan fingerprint density at radius 3 is 1.75 bits per heavy atom. The van der Waals surface area contributed by atoms with Gasteiger partial charge in [0.25, 0.3) is 0 Å². The van der Waals surface area contributed by atoms with Crippen LogP contribution in [0.25, 0.3) is 11.1 Å². The molecule has 0 unspecified atom stereocenters. The van der Waals surface area contributed by atoms with E-state index in [4.69, 9.17) is 4.74 Å². The zero-order valence-corrected chi connectivity index (χ0v) is 22.0. The van der Waals surface area contributed by atoms with Gasteiger partial charge in [0.2, 0.25) is 0 Å². The topological polar surface area (TPSA) is 52.9 Å². The third-order valence-electron chi connectivity index (χ3n) is 6.45. The van der Waals surface area contributed by atoms with Gasteiger partial charge in [-0.15, -0.1) is 0 Å². The van der Waals surface area contributed by atoms with Crippen LogP contribution in [-0.2, 0) is 0 Å². The largest absolute Gasteiger partial charge is 0.508 e.